The van der Waals surface area contributed by atoms with Crippen LogP contribution in [0.25, 0.3) is 43.1 Å². The highest BCUT2D eigenvalue weighted by Gasteiger charge is 2.47. The topological polar surface area (TPSA) is 235 Å². The van der Waals surface area contributed by atoms with Crippen LogP contribution in [0.2, 0.25) is 0 Å². The van der Waals surface area contributed by atoms with E-state index in [4.69, 9.17) is 47.4 Å². The third-order valence-corrected chi connectivity index (χ3v) is 23.1. The number of rotatable bonds is 40. The largest absolute Gasteiger partial charge is 0.462 e. The van der Waals surface area contributed by atoms with Gasteiger partial charge in [-0.1, -0.05) is 192 Å². The molecule has 2 aliphatic carbocycles. The van der Waals surface area contributed by atoms with Crippen LogP contribution in [0.3, 0.4) is 0 Å². The summed E-state index contributed by atoms with van der Waals surface area (Å²) in [6.45, 7) is 18.0. The summed E-state index contributed by atoms with van der Waals surface area (Å²) in [6, 6.07) is 34.3. The van der Waals surface area contributed by atoms with Gasteiger partial charge in [0.15, 0.2) is 0 Å². The Labute approximate surface area is 691 Å². The van der Waals surface area contributed by atoms with E-state index in [1.54, 1.807) is 38.1 Å². The van der Waals surface area contributed by atoms with Crippen molar-refractivity contribution in [2.75, 3.05) is 52.9 Å². The maximum Gasteiger partial charge on any atom is 0.333 e. The number of hydrogen-bond donors (Lipinski definition) is 0. The Morgan fingerprint density at radius 2 is 0.602 bits per heavy atom. The molecule has 0 spiro atoms. The van der Waals surface area contributed by atoms with Gasteiger partial charge < -0.3 is 47.4 Å². The van der Waals surface area contributed by atoms with Crippen LogP contribution in [0, 0.1) is 11.8 Å². The summed E-state index contributed by atoms with van der Waals surface area (Å²) in [5.74, 6) is -3.66. The lowest BCUT2D eigenvalue weighted by Crippen LogP contribution is -2.51. The number of carbonyl (C=O) groups is 8. The second-order valence-corrected chi connectivity index (χ2v) is 31.9. The molecule has 0 N–H and O–H groups in total. The fourth-order valence-electron chi connectivity index (χ4n) is 17.2. The Balaban J connectivity index is 1.08. The van der Waals surface area contributed by atoms with Crippen LogP contribution in [0.5, 0.6) is 46.0 Å². The monoisotopic (exact) mass is 1600 g/mol. The molecule has 2 unspecified atom stereocenters. The van der Waals surface area contributed by atoms with Gasteiger partial charge in [0.25, 0.3) is 23.6 Å². The number of fused-ring (bicyclic) bond motifs is 2. The molecule has 0 radical (unpaired) electrons. The number of esters is 4. The number of aryl methyl sites for hydroxylation is 4. The molecule has 9 aromatic rings. The first kappa shape index (κ1) is 84.9. The van der Waals surface area contributed by atoms with E-state index >= 15 is 28.8 Å². The molecule has 4 amide bonds. The Morgan fingerprint density at radius 1 is 0.347 bits per heavy atom. The highest BCUT2D eigenvalue weighted by molar-refractivity contribution is 6.45. The van der Waals surface area contributed by atoms with Gasteiger partial charge in [0.05, 0.1) is 48.7 Å². The van der Waals surface area contributed by atoms with E-state index < -0.39 is 59.6 Å². The second kappa shape index (κ2) is 40.0. The van der Waals surface area contributed by atoms with Gasteiger partial charge in [0.1, 0.15) is 84.5 Å². The quantitative estimate of drug-likeness (QED) is 0.00507. The van der Waals surface area contributed by atoms with Gasteiger partial charge in [0, 0.05) is 54.2 Å². The maximum absolute atomic E-state index is 16.7. The number of carbonyl (C=O) groups excluding carboxylic acids is 8. The number of imide groups is 2. The fourth-order valence-corrected chi connectivity index (χ4v) is 17.2. The normalized spacial score (nSPS) is 15.1. The minimum atomic E-state index is -1.44. The van der Waals surface area contributed by atoms with Crippen molar-refractivity contribution in [2.24, 2.45) is 11.8 Å². The second-order valence-electron chi connectivity index (χ2n) is 31.9. The van der Waals surface area contributed by atoms with Crippen molar-refractivity contribution in [2.45, 2.75) is 208 Å². The average molecular weight is 1600 g/mol. The summed E-state index contributed by atoms with van der Waals surface area (Å²) in [5, 5.41) is 2.19. The molecule has 0 bridgehead atoms. The summed E-state index contributed by atoms with van der Waals surface area (Å²) >= 11 is 0. The van der Waals surface area contributed by atoms with Crippen molar-refractivity contribution < 1.29 is 85.7 Å². The molecule has 20 nitrogen and oxygen atoms in total. The minimum Gasteiger partial charge on any atom is -0.462 e. The van der Waals surface area contributed by atoms with Crippen LogP contribution in [0.4, 0.5) is 0 Å². The smallest absolute Gasteiger partial charge is 0.333 e. The van der Waals surface area contributed by atoms with Crippen molar-refractivity contribution in [1.82, 2.24) is 9.80 Å². The van der Waals surface area contributed by atoms with E-state index in [1.807, 2.05) is 97.1 Å². The van der Waals surface area contributed by atoms with E-state index in [0.717, 1.165) is 160 Å². The lowest BCUT2D eigenvalue weighted by molar-refractivity contribution is -0.151. The Kier molecular flexibility index (Phi) is 28.8. The highest BCUT2D eigenvalue weighted by atomic mass is 16.6. The summed E-state index contributed by atoms with van der Waals surface area (Å²) in [5.41, 5.74) is 4.73. The number of hydrogen-bond acceptors (Lipinski definition) is 18. The van der Waals surface area contributed by atoms with E-state index in [1.165, 1.54) is 0 Å². The van der Waals surface area contributed by atoms with E-state index in [9.17, 15) is 9.59 Å². The summed E-state index contributed by atoms with van der Waals surface area (Å²) in [6.07, 6.45) is 19.8. The fraction of sp³-hybridized carbons (Fsp3) is 0.429. The molecule has 20 heteroatoms. The number of nitrogens with zero attached hydrogens (tertiary/aromatic N) is 2. The summed E-state index contributed by atoms with van der Waals surface area (Å²) < 4.78 is 63.7. The van der Waals surface area contributed by atoms with Crippen LogP contribution in [0.1, 0.15) is 234 Å². The number of benzene rings is 9. The van der Waals surface area contributed by atoms with Crippen LogP contribution < -0.4 is 18.9 Å². The van der Waals surface area contributed by atoms with E-state index in [-0.39, 0.29) is 145 Å². The van der Waals surface area contributed by atoms with Gasteiger partial charge in [-0.3, -0.25) is 29.0 Å². The molecule has 2 heterocycles. The summed E-state index contributed by atoms with van der Waals surface area (Å²) in [4.78, 5) is 124. The molecule has 0 aromatic heterocycles. The van der Waals surface area contributed by atoms with Gasteiger partial charge >= 0.3 is 23.9 Å². The summed E-state index contributed by atoms with van der Waals surface area (Å²) in [7, 11) is 0. The SMILES string of the molecule is C=C(C)C(=O)OCCOCCOC(=O)C(CCC1CCCCCC1)N1C(=O)c2cc(Oc3ccc(CCC)cc3)c3c4c(Oc5ccc(CCC)cc5)cc5c6c(cc(Oc7ccc(CCC)cc7)c(c7c(Oc8ccc(CCC)cc8)cc(c2c37)C1=O)c64)C(=O)N(C(CCC1CCCCCC1)C(=O)OCCOCCOC(=O)C(=C)C)C5=O. The standard InChI is InChI=1S/C98H110N2O18/c1-9-21-63-29-39-69(40-30-63)115-79-57-73-83-74(92(102)99(91(73)101)77(47-37-67-25-17-13-14-18-26-67)97(107)113-55-51-109-49-53-111-95(105)61(5)6)59-81(117-71-43-33-65(23-11-3)34-44-71)87-88-82(118-72-45-35-66(24-12-4)36-46-72)60-76-84-75(58-80(86(90(84)88)85(79)89(83)87)116-70-41-31-64(22-10-2)32-42-70)93(103)100(94(76)104)78(48-38-68-27-19-15-16-20-28-68)98(108)114-56-52-110-50-54-112-96(106)62(7)8/h29-36,39-46,57-60,67-68,77-78H,5,7,9-28,37-38,47-56H2,1-4,6,8H3. The van der Waals surface area contributed by atoms with Crippen molar-refractivity contribution in [3.05, 3.63) is 190 Å². The van der Waals surface area contributed by atoms with Crippen LogP contribution in [0.15, 0.2) is 146 Å². The van der Waals surface area contributed by atoms with Crippen LogP contribution >= 0.6 is 0 Å². The molecule has 13 rings (SSSR count). The zero-order valence-electron chi connectivity index (χ0n) is 69.1. The van der Waals surface area contributed by atoms with Gasteiger partial charge in [0.2, 0.25) is 0 Å². The first-order valence-corrected chi connectivity index (χ1v) is 42.7. The predicted molar refractivity (Wildman–Crippen MR) is 454 cm³/mol. The van der Waals surface area contributed by atoms with Crippen molar-refractivity contribution in [3.8, 4) is 46.0 Å². The molecule has 2 atom stereocenters. The molecule has 2 aliphatic heterocycles. The lowest BCUT2D eigenvalue weighted by Gasteiger charge is -2.36. The third-order valence-electron chi connectivity index (χ3n) is 23.1. The first-order valence-electron chi connectivity index (χ1n) is 42.7. The van der Waals surface area contributed by atoms with Gasteiger partial charge in [-0.25, -0.2) is 19.2 Å². The maximum atomic E-state index is 16.7. The first-order chi connectivity index (χ1) is 57.4. The predicted octanol–water partition coefficient (Wildman–Crippen LogP) is 21.5. The Hall–Kier alpha value is -11.0. The minimum absolute atomic E-state index is 0.00406. The lowest BCUT2D eigenvalue weighted by atomic mass is 9.80. The highest BCUT2D eigenvalue weighted by Crippen LogP contribution is 2.58. The Bertz CT molecular complexity index is 4600. The molecular weight excluding hydrogens is 1490 g/mol. The molecule has 2 saturated carbocycles. The van der Waals surface area contributed by atoms with Crippen molar-refractivity contribution in [3.63, 3.8) is 0 Å². The number of ether oxygens (including phenoxy) is 10. The van der Waals surface area contributed by atoms with Gasteiger partial charge in [-0.15, -0.1) is 0 Å². The molecule has 0 saturated heterocycles. The molecule has 9 aromatic carbocycles. The molecule has 620 valence electrons. The van der Waals surface area contributed by atoms with Crippen LogP contribution in [-0.4, -0.2) is 122 Å². The molecular formula is C98H110N2O18. The zero-order chi connectivity index (χ0) is 82.9. The average Bonchev–Trinajstić information content (AvgIpc) is 0.689. The Morgan fingerprint density at radius 3 is 0.847 bits per heavy atom. The third kappa shape index (κ3) is 19.6. The molecule has 4 aliphatic rings. The number of amides is 4. The van der Waals surface area contributed by atoms with Crippen molar-refractivity contribution >= 4 is 90.6 Å². The van der Waals surface area contributed by atoms with Crippen molar-refractivity contribution in [1.29, 1.82) is 0 Å². The van der Waals surface area contributed by atoms with E-state index in [0.29, 0.717) is 68.2 Å². The molecule has 2 fully saturated rings. The van der Waals surface area contributed by atoms with Gasteiger partial charge in [-0.2, -0.15) is 0 Å². The zero-order valence-corrected chi connectivity index (χ0v) is 69.1. The molecule has 118 heavy (non-hydrogen) atoms. The van der Waals surface area contributed by atoms with Crippen LogP contribution in [-0.2, 0) is 73.3 Å². The van der Waals surface area contributed by atoms with Gasteiger partial charge in [-0.05, 0) is 172 Å². The van der Waals surface area contributed by atoms with E-state index in [2.05, 4.69) is 40.9 Å².